The maximum Gasteiger partial charge on any atom is 0.109 e. The van der Waals surface area contributed by atoms with Gasteiger partial charge >= 0.3 is 0 Å². The summed E-state index contributed by atoms with van der Waals surface area (Å²) in [4.78, 5) is 4.40. The molecule has 2 aromatic rings. The lowest BCUT2D eigenvalue weighted by Gasteiger charge is -2.18. The minimum absolute atomic E-state index is 0.232. The van der Waals surface area contributed by atoms with Crippen LogP contribution in [0.3, 0.4) is 0 Å². The summed E-state index contributed by atoms with van der Waals surface area (Å²) in [5.41, 5.74) is 7.16. The minimum Gasteiger partial charge on any atom is -0.328 e. The summed E-state index contributed by atoms with van der Waals surface area (Å²) < 4.78 is 2.20. The Morgan fingerprint density at radius 1 is 1.56 bits per heavy atom. The van der Waals surface area contributed by atoms with Crippen LogP contribution in [0.2, 0.25) is 0 Å². The van der Waals surface area contributed by atoms with Crippen molar-refractivity contribution in [2.45, 2.75) is 25.8 Å². The van der Waals surface area contributed by atoms with Crippen molar-refractivity contribution >= 4 is 11.3 Å². The summed E-state index contributed by atoms with van der Waals surface area (Å²) in [6, 6.07) is 2.37. The van der Waals surface area contributed by atoms with E-state index in [1.807, 2.05) is 12.4 Å². The zero-order valence-corrected chi connectivity index (χ0v) is 10.3. The zero-order chi connectivity index (χ0) is 11.4. The van der Waals surface area contributed by atoms with Crippen LogP contribution in [0.4, 0.5) is 0 Å². The lowest BCUT2D eigenvalue weighted by molar-refractivity contribution is 0.563. The fourth-order valence-corrected chi connectivity index (χ4v) is 2.63. The van der Waals surface area contributed by atoms with E-state index in [0.29, 0.717) is 6.54 Å². The van der Waals surface area contributed by atoms with Crippen molar-refractivity contribution in [3.63, 3.8) is 0 Å². The highest BCUT2D eigenvalue weighted by molar-refractivity contribution is 7.07. The van der Waals surface area contributed by atoms with Gasteiger partial charge in [0.05, 0.1) is 6.04 Å². The highest BCUT2D eigenvalue weighted by Gasteiger charge is 2.14. The zero-order valence-electron chi connectivity index (χ0n) is 9.47. The first kappa shape index (κ1) is 11.4. The third-order valence-corrected chi connectivity index (χ3v) is 3.41. The first-order valence-corrected chi connectivity index (χ1v) is 6.55. The molecular formula is C12H17N3S. The Balaban J connectivity index is 2.30. The number of hydrogen-bond donors (Lipinski definition) is 1. The van der Waals surface area contributed by atoms with Gasteiger partial charge in [-0.3, -0.25) is 0 Å². The van der Waals surface area contributed by atoms with Gasteiger partial charge in [0.15, 0.2) is 0 Å². The van der Waals surface area contributed by atoms with Crippen LogP contribution in [0.1, 0.15) is 30.8 Å². The molecule has 2 aromatic heterocycles. The standard InChI is InChI=1S/C12H17N3S/c1-2-3-12-14-5-6-15(12)11(8-13)10-4-7-16-9-10/h4-7,9,11H,2-3,8,13H2,1H3. The Hall–Kier alpha value is -1.13. The molecule has 0 saturated carbocycles. The van der Waals surface area contributed by atoms with E-state index in [1.165, 1.54) is 5.56 Å². The Morgan fingerprint density at radius 3 is 3.06 bits per heavy atom. The highest BCUT2D eigenvalue weighted by atomic mass is 32.1. The van der Waals surface area contributed by atoms with E-state index in [0.717, 1.165) is 18.7 Å². The molecule has 0 bridgehead atoms. The number of nitrogens with zero attached hydrogens (tertiary/aromatic N) is 2. The summed E-state index contributed by atoms with van der Waals surface area (Å²) in [7, 11) is 0. The molecule has 3 nitrogen and oxygen atoms in total. The molecule has 1 unspecified atom stereocenters. The Kier molecular flexibility index (Phi) is 3.74. The van der Waals surface area contributed by atoms with Crippen LogP contribution in [0.15, 0.2) is 29.2 Å². The molecule has 0 saturated heterocycles. The van der Waals surface area contributed by atoms with E-state index < -0.39 is 0 Å². The highest BCUT2D eigenvalue weighted by Crippen LogP contribution is 2.21. The summed E-state index contributed by atoms with van der Waals surface area (Å²) in [6.45, 7) is 2.78. The van der Waals surface area contributed by atoms with Gasteiger partial charge in [0, 0.05) is 25.4 Å². The smallest absolute Gasteiger partial charge is 0.109 e. The second-order valence-corrected chi connectivity index (χ2v) is 4.59. The number of hydrogen-bond acceptors (Lipinski definition) is 3. The predicted molar refractivity (Wildman–Crippen MR) is 67.7 cm³/mol. The van der Waals surface area contributed by atoms with Crippen LogP contribution < -0.4 is 5.73 Å². The van der Waals surface area contributed by atoms with Gasteiger partial charge in [-0.2, -0.15) is 11.3 Å². The summed E-state index contributed by atoms with van der Waals surface area (Å²) in [6.07, 6.45) is 6.01. The molecule has 0 aliphatic heterocycles. The number of aryl methyl sites for hydroxylation is 1. The molecule has 0 fully saturated rings. The number of rotatable bonds is 5. The third kappa shape index (κ3) is 2.18. The number of nitrogens with two attached hydrogens (primary N) is 1. The van der Waals surface area contributed by atoms with Crippen LogP contribution in [0.5, 0.6) is 0 Å². The molecule has 0 spiro atoms. The van der Waals surface area contributed by atoms with E-state index in [4.69, 9.17) is 5.73 Å². The fraction of sp³-hybridized carbons (Fsp3) is 0.417. The largest absolute Gasteiger partial charge is 0.328 e. The second-order valence-electron chi connectivity index (χ2n) is 3.81. The molecule has 0 aliphatic carbocycles. The van der Waals surface area contributed by atoms with Gasteiger partial charge in [0.25, 0.3) is 0 Å². The van der Waals surface area contributed by atoms with Crippen molar-refractivity contribution in [2.24, 2.45) is 5.73 Å². The Morgan fingerprint density at radius 2 is 2.44 bits per heavy atom. The summed E-state index contributed by atoms with van der Waals surface area (Å²) >= 11 is 1.71. The average Bonchev–Trinajstić information content (AvgIpc) is 2.92. The van der Waals surface area contributed by atoms with Crippen LogP contribution in [0, 0.1) is 0 Å². The lowest BCUT2D eigenvalue weighted by Crippen LogP contribution is -2.21. The van der Waals surface area contributed by atoms with E-state index in [9.17, 15) is 0 Å². The molecule has 0 radical (unpaired) electrons. The van der Waals surface area contributed by atoms with E-state index in [2.05, 4.69) is 33.3 Å². The molecule has 0 aromatic carbocycles. The van der Waals surface area contributed by atoms with Crippen molar-refractivity contribution in [1.29, 1.82) is 0 Å². The van der Waals surface area contributed by atoms with E-state index in [-0.39, 0.29) is 6.04 Å². The van der Waals surface area contributed by atoms with E-state index in [1.54, 1.807) is 11.3 Å². The first-order chi connectivity index (χ1) is 7.86. The quantitative estimate of drug-likeness (QED) is 0.865. The van der Waals surface area contributed by atoms with Gasteiger partial charge in [0.2, 0.25) is 0 Å². The first-order valence-electron chi connectivity index (χ1n) is 5.60. The molecule has 16 heavy (non-hydrogen) atoms. The Bertz CT molecular complexity index is 419. The van der Waals surface area contributed by atoms with Crippen molar-refractivity contribution in [2.75, 3.05) is 6.54 Å². The van der Waals surface area contributed by atoms with Crippen LogP contribution >= 0.6 is 11.3 Å². The van der Waals surface area contributed by atoms with E-state index >= 15 is 0 Å². The summed E-state index contributed by atoms with van der Waals surface area (Å²) in [5.74, 6) is 1.13. The molecule has 1 atom stereocenters. The van der Waals surface area contributed by atoms with Crippen molar-refractivity contribution in [3.8, 4) is 0 Å². The van der Waals surface area contributed by atoms with Gasteiger partial charge in [0.1, 0.15) is 5.82 Å². The normalized spacial score (nSPS) is 12.9. The van der Waals surface area contributed by atoms with Crippen LogP contribution in [-0.2, 0) is 6.42 Å². The molecule has 0 amide bonds. The monoisotopic (exact) mass is 235 g/mol. The van der Waals surface area contributed by atoms with Crippen molar-refractivity contribution in [3.05, 3.63) is 40.6 Å². The number of imidazole rings is 1. The minimum atomic E-state index is 0.232. The molecule has 4 heteroatoms. The van der Waals surface area contributed by atoms with Crippen LogP contribution in [0.25, 0.3) is 0 Å². The maximum absolute atomic E-state index is 5.88. The SMILES string of the molecule is CCCc1nccn1C(CN)c1ccsc1. The maximum atomic E-state index is 5.88. The third-order valence-electron chi connectivity index (χ3n) is 2.71. The van der Waals surface area contributed by atoms with Crippen molar-refractivity contribution in [1.82, 2.24) is 9.55 Å². The second kappa shape index (κ2) is 5.27. The Labute approximate surface area is 99.9 Å². The fourth-order valence-electron chi connectivity index (χ4n) is 1.92. The summed E-state index contributed by atoms with van der Waals surface area (Å²) in [5, 5.41) is 4.25. The molecule has 2 N–H and O–H groups in total. The van der Waals surface area contributed by atoms with Crippen LogP contribution in [-0.4, -0.2) is 16.1 Å². The molecule has 2 rings (SSSR count). The van der Waals surface area contributed by atoms with Gasteiger partial charge in [-0.25, -0.2) is 4.98 Å². The topological polar surface area (TPSA) is 43.8 Å². The van der Waals surface area contributed by atoms with Gasteiger partial charge in [-0.05, 0) is 28.8 Å². The predicted octanol–water partition coefficient (Wildman–Crippen LogP) is 2.45. The lowest BCUT2D eigenvalue weighted by atomic mass is 10.1. The van der Waals surface area contributed by atoms with Crippen molar-refractivity contribution < 1.29 is 0 Å². The molecule has 0 aliphatic rings. The average molecular weight is 235 g/mol. The molecule has 86 valence electrons. The number of aromatic nitrogens is 2. The van der Waals surface area contributed by atoms with Gasteiger partial charge in [-0.1, -0.05) is 6.92 Å². The number of thiophene rings is 1. The molecule has 2 heterocycles. The molecular weight excluding hydrogens is 218 g/mol. The van der Waals surface area contributed by atoms with Gasteiger partial charge in [-0.15, -0.1) is 0 Å². The van der Waals surface area contributed by atoms with Gasteiger partial charge < -0.3 is 10.3 Å².